The minimum absolute atomic E-state index is 0.359. The predicted octanol–water partition coefficient (Wildman–Crippen LogP) is 6.37. The Hall–Kier alpha value is -2.86. The van der Waals surface area contributed by atoms with Gasteiger partial charge in [-0.2, -0.15) is 78.9 Å². The van der Waals surface area contributed by atoms with Crippen molar-refractivity contribution in [3.8, 4) is 0 Å². The van der Waals surface area contributed by atoms with Crippen molar-refractivity contribution in [3.63, 3.8) is 0 Å². The van der Waals surface area contributed by atoms with Gasteiger partial charge in [0.1, 0.15) is 0 Å². The molecule has 7 nitrogen and oxygen atoms in total. The number of sulfonamides is 1. The van der Waals surface area contributed by atoms with Crippen LogP contribution in [0.3, 0.4) is 0 Å². The van der Waals surface area contributed by atoms with Crippen LogP contribution in [-0.4, -0.2) is 96.4 Å². The lowest BCUT2D eigenvalue weighted by molar-refractivity contribution is -0.458. The number of hydrogen-bond acceptors (Lipinski definition) is 5. The molecule has 0 aromatic heterocycles. The van der Waals surface area contributed by atoms with E-state index in [1.165, 1.54) is 0 Å². The summed E-state index contributed by atoms with van der Waals surface area (Å²) in [5, 5.41) is 0.842. The van der Waals surface area contributed by atoms with E-state index in [1.54, 1.807) is 6.92 Å². The normalized spacial score (nSPS) is 14.4. The van der Waals surface area contributed by atoms with Crippen molar-refractivity contribution < 1.29 is 102 Å². The van der Waals surface area contributed by atoms with E-state index in [9.17, 15) is 92.6 Å². The Morgan fingerprint density at radius 2 is 1.09 bits per heavy atom. The Balaban J connectivity index is 0. The van der Waals surface area contributed by atoms with Crippen molar-refractivity contribution in [1.29, 1.82) is 0 Å². The van der Waals surface area contributed by atoms with Gasteiger partial charge in [-0.25, -0.2) is 18.0 Å². The number of carboxylic acid groups (broad SMARTS) is 1. The molecule has 266 valence electrons. The minimum Gasteiger partial charge on any atom is -0.478 e. The molecule has 0 aliphatic rings. The summed E-state index contributed by atoms with van der Waals surface area (Å²) in [4.78, 5) is 20.7. The standard InChI is InChI=1S/C15H12F17NO4S.C5H8O2/c1-3-33(5-4-6(2)7(34)35)38(36,37)15(31,32)13(26,27)11(22,23)9(18,19)8(16,17)10(20,21)12(24,25)14(28,29)30;1-3-5(6)7-4-2/h2-5H2,1H3,(H,34,35);3H,1,4H2,2H3. The van der Waals surface area contributed by atoms with Crippen LogP contribution in [0.15, 0.2) is 24.8 Å². The number of aliphatic carboxylic acids is 1. The molecule has 25 heteroatoms. The minimum atomic E-state index is -8.92. The molecule has 0 spiro atoms. The van der Waals surface area contributed by atoms with E-state index in [4.69, 9.17) is 5.11 Å². The fourth-order valence-electron chi connectivity index (χ4n) is 2.49. The summed E-state index contributed by atoms with van der Waals surface area (Å²) < 4.78 is 253. The van der Waals surface area contributed by atoms with Gasteiger partial charge < -0.3 is 9.84 Å². The molecule has 0 atom stereocenters. The highest BCUT2D eigenvalue weighted by molar-refractivity contribution is 7.90. The van der Waals surface area contributed by atoms with Crippen LogP contribution < -0.4 is 0 Å². The molecule has 0 radical (unpaired) electrons. The van der Waals surface area contributed by atoms with Gasteiger partial charge in [-0.15, -0.1) is 0 Å². The monoisotopic (exact) mass is 725 g/mol. The molecule has 0 aliphatic carbocycles. The average Bonchev–Trinajstić information content (AvgIpc) is 2.87. The van der Waals surface area contributed by atoms with E-state index in [0.29, 0.717) is 13.5 Å². The number of rotatable bonds is 15. The molecule has 0 aromatic carbocycles. The zero-order chi connectivity index (χ0) is 37.1. The average molecular weight is 725 g/mol. The number of carboxylic acids is 1. The SMILES string of the molecule is C=C(CCN(CC)S(=O)(=O)C(F)(F)C(F)(F)C(F)(F)C(F)(F)C(F)(F)C(F)(F)C(F)(F)C(F)(F)F)C(=O)O.C=CC(=O)OCC. The maximum Gasteiger partial charge on any atom is 0.460 e. The number of ether oxygens (including phenoxy) is 1. The highest BCUT2D eigenvalue weighted by Gasteiger charge is 2.96. The summed E-state index contributed by atoms with van der Waals surface area (Å²) in [7, 11) is -7.46. The number of carbonyl (C=O) groups excluding carboxylic acids is 1. The predicted molar refractivity (Wildman–Crippen MR) is 115 cm³/mol. The van der Waals surface area contributed by atoms with Gasteiger partial charge in [0.15, 0.2) is 0 Å². The van der Waals surface area contributed by atoms with Gasteiger partial charge in [0.2, 0.25) is 0 Å². The van der Waals surface area contributed by atoms with Crippen molar-refractivity contribution in [1.82, 2.24) is 4.31 Å². The lowest BCUT2D eigenvalue weighted by Gasteiger charge is -2.43. The first-order chi connectivity index (χ1) is 19.6. The molecule has 0 unspecified atom stereocenters. The van der Waals surface area contributed by atoms with E-state index in [2.05, 4.69) is 17.9 Å². The summed E-state index contributed by atoms with van der Waals surface area (Å²) in [5.41, 5.74) is -1.03. The number of alkyl halides is 17. The van der Waals surface area contributed by atoms with Crippen LogP contribution in [0.25, 0.3) is 0 Å². The van der Waals surface area contributed by atoms with Crippen LogP contribution in [0, 0.1) is 0 Å². The largest absolute Gasteiger partial charge is 0.478 e. The summed E-state index contributed by atoms with van der Waals surface area (Å²) in [6, 6.07) is 0. The third kappa shape index (κ3) is 7.59. The van der Waals surface area contributed by atoms with Gasteiger partial charge in [-0.3, -0.25) is 0 Å². The summed E-state index contributed by atoms with van der Waals surface area (Å²) in [6.45, 7) is 5.50. The third-order valence-corrected chi connectivity index (χ3v) is 7.15. The van der Waals surface area contributed by atoms with Crippen LogP contribution in [0.2, 0.25) is 0 Å². The Bertz CT molecular complexity index is 1200. The van der Waals surface area contributed by atoms with Gasteiger partial charge in [0.05, 0.1) is 6.61 Å². The molecule has 0 aromatic rings. The quantitative estimate of drug-likeness (QED) is 0.120. The fraction of sp³-hybridized carbons (Fsp3) is 0.700. The van der Waals surface area contributed by atoms with Gasteiger partial charge in [-0.05, 0) is 13.3 Å². The number of hydrogen-bond donors (Lipinski definition) is 1. The zero-order valence-corrected chi connectivity index (χ0v) is 22.9. The highest BCUT2D eigenvalue weighted by Crippen LogP contribution is 2.64. The lowest BCUT2D eigenvalue weighted by atomic mass is 9.91. The summed E-state index contributed by atoms with van der Waals surface area (Å²) in [6.07, 6.45) is -8.00. The van der Waals surface area contributed by atoms with Crippen molar-refractivity contribution in [2.75, 3.05) is 19.7 Å². The number of nitrogens with zero attached hydrogens (tertiary/aromatic N) is 1. The second kappa shape index (κ2) is 13.9. The fourth-order valence-corrected chi connectivity index (χ4v) is 3.94. The smallest absolute Gasteiger partial charge is 0.460 e. The molecular formula is C20H20F17NO6S. The Morgan fingerprint density at radius 3 is 1.36 bits per heavy atom. The van der Waals surface area contributed by atoms with Crippen LogP contribution in [-0.2, 0) is 24.3 Å². The van der Waals surface area contributed by atoms with Gasteiger partial charge in [0, 0.05) is 24.7 Å². The van der Waals surface area contributed by atoms with E-state index < -0.39 is 92.3 Å². The molecule has 1 N–H and O–H groups in total. The molecule has 0 fully saturated rings. The van der Waals surface area contributed by atoms with E-state index in [0.717, 1.165) is 6.08 Å². The molecule has 45 heavy (non-hydrogen) atoms. The summed E-state index contributed by atoms with van der Waals surface area (Å²) >= 11 is 0. The van der Waals surface area contributed by atoms with Crippen molar-refractivity contribution in [2.24, 2.45) is 0 Å². The Labute approximate surface area is 241 Å². The first-order valence-electron chi connectivity index (χ1n) is 11.0. The van der Waals surface area contributed by atoms with E-state index in [1.807, 2.05) is 0 Å². The van der Waals surface area contributed by atoms with Crippen molar-refractivity contribution >= 4 is 22.0 Å². The molecule has 0 bridgehead atoms. The molecule has 0 amide bonds. The van der Waals surface area contributed by atoms with Crippen molar-refractivity contribution in [3.05, 3.63) is 24.8 Å². The number of halogens is 17. The van der Waals surface area contributed by atoms with Crippen LogP contribution in [0.5, 0.6) is 0 Å². The maximum atomic E-state index is 14.1. The van der Waals surface area contributed by atoms with Crippen LogP contribution in [0.1, 0.15) is 20.3 Å². The topological polar surface area (TPSA) is 101 Å². The Kier molecular flexibility index (Phi) is 13.6. The van der Waals surface area contributed by atoms with E-state index in [-0.39, 0.29) is 5.97 Å². The molecular weight excluding hydrogens is 705 g/mol. The number of esters is 1. The lowest BCUT2D eigenvalue weighted by Crippen LogP contribution is -2.75. The third-order valence-electron chi connectivity index (χ3n) is 5.13. The van der Waals surface area contributed by atoms with Crippen LogP contribution >= 0.6 is 0 Å². The van der Waals surface area contributed by atoms with Crippen molar-refractivity contribution in [2.45, 2.75) is 67.2 Å². The number of carbonyl (C=O) groups is 2. The first-order valence-corrected chi connectivity index (χ1v) is 12.4. The van der Waals surface area contributed by atoms with Gasteiger partial charge in [-0.1, -0.05) is 20.1 Å². The second-order valence-electron chi connectivity index (χ2n) is 8.07. The highest BCUT2D eigenvalue weighted by atomic mass is 32.2. The molecule has 0 saturated heterocycles. The first kappa shape index (κ1) is 44.3. The van der Waals surface area contributed by atoms with Gasteiger partial charge >= 0.3 is 58.9 Å². The van der Waals surface area contributed by atoms with Gasteiger partial charge in [0.25, 0.3) is 10.0 Å². The van der Waals surface area contributed by atoms with E-state index >= 15 is 0 Å². The van der Waals surface area contributed by atoms with Crippen LogP contribution in [0.4, 0.5) is 74.6 Å². The molecule has 0 saturated carbocycles. The molecule has 0 rings (SSSR count). The summed E-state index contributed by atoms with van der Waals surface area (Å²) in [5.74, 6) is -54.4. The Morgan fingerprint density at radius 1 is 0.733 bits per heavy atom. The zero-order valence-electron chi connectivity index (χ0n) is 22.1. The molecule has 0 aliphatic heterocycles. The molecule has 0 heterocycles. The maximum absolute atomic E-state index is 14.1. The second-order valence-corrected chi connectivity index (χ2v) is 10.1.